The Hall–Kier alpha value is -0.520. The van der Waals surface area contributed by atoms with Crippen LogP contribution in [0.15, 0.2) is 18.2 Å². The van der Waals surface area contributed by atoms with Crippen molar-refractivity contribution in [1.82, 2.24) is 4.90 Å². The first-order valence-corrected chi connectivity index (χ1v) is 8.28. The van der Waals surface area contributed by atoms with Gasteiger partial charge in [0.2, 0.25) is 0 Å². The van der Waals surface area contributed by atoms with Crippen LogP contribution in [0.25, 0.3) is 0 Å². The van der Waals surface area contributed by atoms with Crippen molar-refractivity contribution in [3.63, 3.8) is 0 Å². The fourth-order valence-corrected chi connectivity index (χ4v) is 2.92. The molecular formula is C16H23Cl3N2O2. The van der Waals surface area contributed by atoms with Crippen molar-refractivity contribution < 1.29 is 9.53 Å². The maximum atomic E-state index is 12.7. The number of benzene rings is 1. The molecule has 7 heteroatoms. The fourth-order valence-electron chi connectivity index (χ4n) is 2.60. The van der Waals surface area contributed by atoms with Crippen LogP contribution in [0.4, 0.5) is 0 Å². The fraction of sp³-hybridized carbons (Fsp3) is 0.562. The number of carbonyl (C=O) groups excluding carboxylic acids is 1. The molecule has 1 aliphatic heterocycles. The molecule has 0 aliphatic carbocycles. The molecule has 0 bridgehead atoms. The largest absolute Gasteiger partial charge is 0.364 e. The minimum absolute atomic E-state index is 0. The number of hydrogen-bond acceptors (Lipinski definition) is 3. The summed E-state index contributed by atoms with van der Waals surface area (Å²) < 4.78 is 5.72. The van der Waals surface area contributed by atoms with Crippen LogP contribution in [0.5, 0.6) is 0 Å². The SMILES string of the molecule is CC(C)N(Cc1ccc(Cl)c(Cl)c1)C(=O)[C@@H]1CC[C@H](CN)O1.Cl. The van der Waals surface area contributed by atoms with E-state index < -0.39 is 6.10 Å². The van der Waals surface area contributed by atoms with Crippen LogP contribution >= 0.6 is 35.6 Å². The zero-order valence-electron chi connectivity index (χ0n) is 13.3. The Labute approximate surface area is 153 Å². The topological polar surface area (TPSA) is 55.6 Å². The highest BCUT2D eigenvalue weighted by atomic mass is 35.5. The van der Waals surface area contributed by atoms with Gasteiger partial charge in [-0.1, -0.05) is 29.3 Å². The molecule has 1 saturated heterocycles. The number of ether oxygens (including phenoxy) is 1. The first-order chi connectivity index (χ1) is 10.4. The maximum absolute atomic E-state index is 12.7. The average molecular weight is 382 g/mol. The molecule has 2 rings (SSSR count). The summed E-state index contributed by atoms with van der Waals surface area (Å²) in [5, 5.41) is 1.01. The molecule has 0 aromatic heterocycles. The van der Waals surface area contributed by atoms with Gasteiger partial charge in [0.05, 0.1) is 16.1 Å². The molecule has 130 valence electrons. The lowest BCUT2D eigenvalue weighted by atomic mass is 10.1. The standard InChI is InChI=1S/C16H22Cl2N2O2.ClH/c1-10(2)20(9-11-3-5-13(17)14(18)7-11)16(21)15-6-4-12(8-19)22-15;/h3,5,7,10,12,15H,4,6,8-9,19H2,1-2H3;1H/t12-,15+;/m1./s1. The minimum atomic E-state index is -0.390. The Balaban J connectivity index is 0.00000264. The van der Waals surface area contributed by atoms with E-state index >= 15 is 0 Å². The number of nitrogens with zero attached hydrogens (tertiary/aromatic N) is 1. The summed E-state index contributed by atoms with van der Waals surface area (Å²) in [6.07, 6.45) is 1.17. The third-order valence-electron chi connectivity index (χ3n) is 3.89. The summed E-state index contributed by atoms with van der Waals surface area (Å²) in [4.78, 5) is 14.5. The van der Waals surface area contributed by atoms with E-state index in [2.05, 4.69) is 0 Å². The predicted molar refractivity (Wildman–Crippen MR) is 96.3 cm³/mol. The molecule has 1 aromatic rings. The number of rotatable bonds is 5. The van der Waals surface area contributed by atoms with Gasteiger partial charge in [-0.2, -0.15) is 0 Å². The van der Waals surface area contributed by atoms with Crippen LogP contribution in [0, 0.1) is 0 Å². The molecule has 1 aromatic carbocycles. The van der Waals surface area contributed by atoms with Crippen molar-refractivity contribution in [2.45, 2.75) is 51.5 Å². The van der Waals surface area contributed by atoms with Gasteiger partial charge in [-0.3, -0.25) is 4.79 Å². The lowest BCUT2D eigenvalue weighted by Crippen LogP contribution is -2.43. The zero-order chi connectivity index (χ0) is 16.3. The molecule has 0 spiro atoms. The van der Waals surface area contributed by atoms with Gasteiger partial charge in [-0.15, -0.1) is 12.4 Å². The van der Waals surface area contributed by atoms with Gasteiger partial charge in [0.25, 0.3) is 5.91 Å². The smallest absolute Gasteiger partial charge is 0.252 e. The van der Waals surface area contributed by atoms with Crippen molar-refractivity contribution in [2.24, 2.45) is 5.73 Å². The van der Waals surface area contributed by atoms with E-state index in [1.807, 2.05) is 24.8 Å². The van der Waals surface area contributed by atoms with E-state index in [0.717, 1.165) is 18.4 Å². The van der Waals surface area contributed by atoms with E-state index in [1.54, 1.807) is 12.1 Å². The molecule has 23 heavy (non-hydrogen) atoms. The van der Waals surface area contributed by atoms with Crippen molar-refractivity contribution in [3.05, 3.63) is 33.8 Å². The Morgan fingerprint density at radius 3 is 2.57 bits per heavy atom. The normalized spacial score (nSPS) is 20.4. The van der Waals surface area contributed by atoms with Gasteiger partial charge < -0.3 is 15.4 Å². The van der Waals surface area contributed by atoms with E-state index in [1.165, 1.54) is 0 Å². The average Bonchev–Trinajstić information content (AvgIpc) is 2.96. The summed E-state index contributed by atoms with van der Waals surface area (Å²) in [7, 11) is 0. The van der Waals surface area contributed by atoms with Crippen molar-refractivity contribution >= 4 is 41.5 Å². The summed E-state index contributed by atoms with van der Waals surface area (Å²) in [5.74, 6) is 0.0111. The Kier molecular flexibility index (Phi) is 8.11. The quantitative estimate of drug-likeness (QED) is 0.847. The van der Waals surface area contributed by atoms with Crippen LogP contribution in [0.3, 0.4) is 0 Å². The highest BCUT2D eigenvalue weighted by Gasteiger charge is 2.33. The summed E-state index contributed by atoms with van der Waals surface area (Å²) in [6.45, 7) is 4.92. The zero-order valence-corrected chi connectivity index (χ0v) is 15.6. The minimum Gasteiger partial charge on any atom is -0.364 e. The number of carbonyl (C=O) groups is 1. The van der Waals surface area contributed by atoms with Crippen LogP contribution in [-0.2, 0) is 16.1 Å². The summed E-state index contributed by atoms with van der Waals surface area (Å²) >= 11 is 12.0. The second kappa shape index (κ2) is 9.09. The Morgan fingerprint density at radius 1 is 1.35 bits per heavy atom. The monoisotopic (exact) mass is 380 g/mol. The molecule has 1 amide bonds. The molecule has 1 heterocycles. The first-order valence-electron chi connectivity index (χ1n) is 7.52. The van der Waals surface area contributed by atoms with Gasteiger partial charge in [0.1, 0.15) is 6.10 Å². The third kappa shape index (κ3) is 5.23. The van der Waals surface area contributed by atoms with Gasteiger partial charge in [0.15, 0.2) is 0 Å². The summed E-state index contributed by atoms with van der Waals surface area (Å²) in [6, 6.07) is 5.50. The number of hydrogen-bond donors (Lipinski definition) is 1. The van der Waals surface area contributed by atoms with Gasteiger partial charge in [-0.05, 0) is 44.4 Å². The Morgan fingerprint density at radius 2 is 2.04 bits per heavy atom. The number of nitrogens with two attached hydrogens (primary N) is 1. The molecule has 2 N–H and O–H groups in total. The van der Waals surface area contributed by atoms with Crippen molar-refractivity contribution in [2.75, 3.05) is 6.54 Å². The van der Waals surface area contributed by atoms with Crippen molar-refractivity contribution in [1.29, 1.82) is 0 Å². The molecule has 0 unspecified atom stereocenters. The van der Waals surface area contributed by atoms with Crippen LogP contribution in [-0.4, -0.2) is 35.6 Å². The van der Waals surface area contributed by atoms with Gasteiger partial charge in [0, 0.05) is 19.1 Å². The number of halogens is 3. The van der Waals surface area contributed by atoms with Crippen molar-refractivity contribution in [3.8, 4) is 0 Å². The molecular weight excluding hydrogens is 359 g/mol. The summed E-state index contributed by atoms with van der Waals surface area (Å²) in [5.41, 5.74) is 6.56. The van der Waals surface area contributed by atoms with Crippen LogP contribution in [0.2, 0.25) is 10.0 Å². The van der Waals surface area contributed by atoms with E-state index in [4.69, 9.17) is 33.7 Å². The Bertz CT molecular complexity index is 540. The lowest BCUT2D eigenvalue weighted by Gasteiger charge is -2.29. The highest BCUT2D eigenvalue weighted by molar-refractivity contribution is 6.42. The molecule has 1 aliphatic rings. The van der Waals surface area contributed by atoms with Gasteiger partial charge >= 0.3 is 0 Å². The van der Waals surface area contributed by atoms with Crippen LogP contribution < -0.4 is 5.73 Å². The second-order valence-electron chi connectivity index (χ2n) is 5.87. The molecule has 4 nitrogen and oxygen atoms in total. The van der Waals surface area contributed by atoms with E-state index in [9.17, 15) is 4.79 Å². The van der Waals surface area contributed by atoms with Gasteiger partial charge in [-0.25, -0.2) is 0 Å². The molecule has 1 fully saturated rings. The predicted octanol–water partition coefficient (Wildman–Crippen LogP) is 3.66. The second-order valence-corrected chi connectivity index (χ2v) is 6.68. The lowest BCUT2D eigenvalue weighted by molar-refractivity contribution is -0.145. The molecule has 2 atom stereocenters. The maximum Gasteiger partial charge on any atom is 0.252 e. The third-order valence-corrected chi connectivity index (χ3v) is 4.63. The highest BCUT2D eigenvalue weighted by Crippen LogP contribution is 2.25. The van der Waals surface area contributed by atoms with Crippen LogP contribution in [0.1, 0.15) is 32.3 Å². The molecule has 0 saturated carbocycles. The first kappa shape index (κ1) is 20.5. The van der Waals surface area contributed by atoms with E-state index in [0.29, 0.717) is 23.1 Å². The number of amides is 1. The van der Waals surface area contributed by atoms with E-state index in [-0.39, 0.29) is 30.5 Å². The molecule has 0 radical (unpaired) electrons.